The first-order valence-electron chi connectivity index (χ1n) is 4.95. The number of nitrogens with two attached hydrogens (primary N) is 1. The molecule has 0 aromatic rings. The molecule has 0 saturated carbocycles. The van der Waals surface area contributed by atoms with Crippen molar-refractivity contribution in [2.24, 2.45) is 5.73 Å². The maximum absolute atomic E-state index is 12.3. The highest BCUT2D eigenvalue weighted by Gasteiger charge is 2.46. The topological polar surface area (TPSA) is 61.5 Å². The standard InChI is InChI=1S/C9H16F3NO3/c1-3-5-16-8(14)6(15-4-2)7(13)9(10,11)12/h6-7H,3-5,13H2,1-2H3/t6-,7-/m0/s1. The normalized spacial score (nSPS) is 15.6. The van der Waals surface area contributed by atoms with Crippen molar-refractivity contribution < 1.29 is 27.4 Å². The SMILES string of the molecule is CCCOC(=O)[C@@H](OCC)[C@H](N)C(F)(F)F. The van der Waals surface area contributed by atoms with E-state index in [1.165, 1.54) is 6.92 Å². The van der Waals surface area contributed by atoms with Crippen LogP contribution < -0.4 is 5.73 Å². The van der Waals surface area contributed by atoms with Crippen molar-refractivity contribution in [3.8, 4) is 0 Å². The molecule has 7 heteroatoms. The molecular weight excluding hydrogens is 227 g/mol. The summed E-state index contributed by atoms with van der Waals surface area (Å²) in [6, 6.07) is -2.36. The molecule has 0 rings (SSSR count). The fraction of sp³-hybridized carbons (Fsp3) is 0.889. The third-order valence-corrected chi connectivity index (χ3v) is 1.73. The Morgan fingerprint density at radius 2 is 1.94 bits per heavy atom. The lowest BCUT2D eigenvalue weighted by molar-refractivity contribution is -0.192. The summed E-state index contributed by atoms with van der Waals surface area (Å²) < 4.78 is 46.1. The molecule has 16 heavy (non-hydrogen) atoms. The van der Waals surface area contributed by atoms with Gasteiger partial charge in [-0.3, -0.25) is 0 Å². The van der Waals surface area contributed by atoms with E-state index in [9.17, 15) is 18.0 Å². The molecule has 2 N–H and O–H groups in total. The molecule has 0 aliphatic rings. The average molecular weight is 243 g/mol. The number of alkyl halides is 3. The molecule has 0 unspecified atom stereocenters. The highest BCUT2D eigenvalue weighted by Crippen LogP contribution is 2.22. The summed E-state index contributed by atoms with van der Waals surface area (Å²) in [6.45, 7) is 3.21. The van der Waals surface area contributed by atoms with Gasteiger partial charge in [0, 0.05) is 6.61 Å². The van der Waals surface area contributed by atoms with E-state index in [4.69, 9.17) is 5.73 Å². The van der Waals surface area contributed by atoms with E-state index < -0.39 is 24.3 Å². The second kappa shape index (κ2) is 6.70. The lowest BCUT2D eigenvalue weighted by Gasteiger charge is -2.23. The van der Waals surface area contributed by atoms with Gasteiger partial charge in [0.15, 0.2) is 6.10 Å². The molecule has 0 bridgehead atoms. The smallest absolute Gasteiger partial charge is 0.406 e. The van der Waals surface area contributed by atoms with Gasteiger partial charge < -0.3 is 15.2 Å². The van der Waals surface area contributed by atoms with E-state index in [-0.39, 0.29) is 13.2 Å². The first-order valence-corrected chi connectivity index (χ1v) is 4.95. The molecule has 0 heterocycles. The molecular formula is C9H16F3NO3. The maximum atomic E-state index is 12.3. The quantitative estimate of drug-likeness (QED) is 0.713. The zero-order valence-electron chi connectivity index (χ0n) is 9.21. The Bertz CT molecular complexity index is 221. The molecule has 0 amide bonds. The predicted molar refractivity (Wildman–Crippen MR) is 50.7 cm³/mol. The molecule has 0 radical (unpaired) electrons. The van der Waals surface area contributed by atoms with Gasteiger partial charge in [-0.1, -0.05) is 6.92 Å². The molecule has 2 atom stereocenters. The van der Waals surface area contributed by atoms with Crippen LogP contribution in [0.3, 0.4) is 0 Å². The van der Waals surface area contributed by atoms with Gasteiger partial charge in [0.25, 0.3) is 0 Å². The van der Waals surface area contributed by atoms with Gasteiger partial charge in [0.05, 0.1) is 6.61 Å². The number of hydrogen-bond acceptors (Lipinski definition) is 4. The van der Waals surface area contributed by atoms with E-state index >= 15 is 0 Å². The number of esters is 1. The highest BCUT2D eigenvalue weighted by atomic mass is 19.4. The summed E-state index contributed by atoms with van der Waals surface area (Å²) in [5.41, 5.74) is 4.90. The van der Waals surface area contributed by atoms with E-state index in [1.807, 2.05) is 0 Å². The van der Waals surface area contributed by atoms with Crippen molar-refractivity contribution in [1.82, 2.24) is 0 Å². The summed E-state index contributed by atoms with van der Waals surface area (Å²) in [5.74, 6) is -1.08. The predicted octanol–water partition coefficient (Wildman–Crippen LogP) is 1.23. The molecule has 0 spiro atoms. The van der Waals surface area contributed by atoms with Crippen LogP contribution in [0.5, 0.6) is 0 Å². The summed E-state index contributed by atoms with van der Waals surface area (Å²) in [5, 5.41) is 0. The average Bonchev–Trinajstić information content (AvgIpc) is 2.20. The lowest BCUT2D eigenvalue weighted by atomic mass is 10.1. The Labute approximate surface area is 91.9 Å². The number of hydrogen-bond donors (Lipinski definition) is 1. The van der Waals surface area contributed by atoms with Crippen LogP contribution in [-0.2, 0) is 14.3 Å². The molecule has 0 aromatic heterocycles. The minimum Gasteiger partial charge on any atom is -0.464 e. The summed E-state index contributed by atoms with van der Waals surface area (Å²) in [7, 11) is 0. The van der Waals surface area contributed by atoms with Crippen molar-refractivity contribution in [2.75, 3.05) is 13.2 Å². The van der Waals surface area contributed by atoms with Crippen LogP contribution in [-0.4, -0.2) is 37.5 Å². The van der Waals surface area contributed by atoms with E-state index in [1.54, 1.807) is 6.92 Å². The molecule has 4 nitrogen and oxygen atoms in total. The maximum Gasteiger partial charge on any atom is 0.406 e. The van der Waals surface area contributed by atoms with Crippen LogP contribution in [0.2, 0.25) is 0 Å². The third-order valence-electron chi connectivity index (χ3n) is 1.73. The lowest BCUT2D eigenvalue weighted by Crippen LogP contribution is -2.52. The minimum absolute atomic E-state index is 0.0460. The Kier molecular flexibility index (Phi) is 6.35. The third kappa shape index (κ3) is 4.80. The van der Waals surface area contributed by atoms with Crippen molar-refractivity contribution in [3.63, 3.8) is 0 Å². The van der Waals surface area contributed by atoms with Gasteiger partial charge in [0.2, 0.25) is 0 Å². The molecule has 0 fully saturated rings. The Hall–Kier alpha value is -0.820. The van der Waals surface area contributed by atoms with Crippen molar-refractivity contribution in [3.05, 3.63) is 0 Å². The van der Waals surface area contributed by atoms with Crippen LogP contribution >= 0.6 is 0 Å². The second-order valence-corrected chi connectivity index (χ2v) is 3.11. The molecule has 96 valence electrons. The molecule has 0 aromatic carbocycles. The van der Waals surface area contributed by atoms with Crippen molar-refractivity contribution in [2.45, 2.75) is 38.6 Å². The fourth-order valence-electron chi connectivity index (χ4n) is 0.954. The number of carbonyl (C=O) groups is 1. The number of carbonyl (C=O) groups excluding carboxylic acids is 1. The number of halogens is 3. The van der Waals surface area contributed by atoms with Crippen LogP contribution in [0.25, 0.3) is 0 Å². The summed E-state index contributed by atoms with van der Waals surface area (Å²) >= 11 is 0. The minimum atomic E-state index is -4.69. The number of ether oxygens (including phenoxy) is 2. The molecule has 0 saturated heterocycles. The zero-order chi connectivity index (χ0) is 12.8. The van der Waals surface area contributed by atoms with Crippen molar-refractivity contribution >= 4 is 5.97 Å². The van der Waals surface area contributed by atoms with Gasteiger partial charge in [-0.15, -0.1) is 0 Å². The van der Waals surface area contributed by atoms with Crippen LogP contribution in [0.4, 0.5) is 13.2 Å². The van der Waals surface area contributed by atoms with E-state index in [0.717, 1.165) is 0 Å². The zero-order valence-corrected chi connectivity index (χ0v) is 9.21. The second-order valence-electron chi connectivity index (χ2n) is 3.11. The Morgan fingerprint density at radius 1 is 1.38 bits per heavy atom. The molecule has 0 aliphatic carbocycles. The van der Waals surface area contributed by atoms with Crippen molar-refractivity contribution in [1.29, 1.82) is 0 Å². The summed E-state index contributed by atoms with van der Waals surface area (Å²) in [4.78, 5) is 11.3. The van der Waals surface area contributed by atoms with Gasteiger partial charge in [-0.05, 0) is 13.3 Å². The van der Waals surface area contributed by atoms with Crippen LogP contribution in [0.1, 0.15) is 20.3 Å². The Morgan fingerprint density at radius 3 is 2.31 bits per heavy atom. The monoisotopic (exact) mass is 243 g/mol. The number of rotatable bonds is 6. The first kappa shape index (κ1) is 15.2. The largest absolute Gasteiger partial charge is 0.464 e. The summed E-state index contributed by atoms with van der Waals surface area (Å²) in [6.07, 6.45) is -5.96. The molecule has 0 aliphatic heterocycles. The van der Waals surface area contributed by atoms with Gasteiger partial charge in [-0.2, -0.15) is 13.2 Å². The van der Waals surface area contributed by atoms with E-state index in [2.05, 4.69) is 9.47 Å². The first-order chi connectivity index (χ1) is 7.34. The Balaban J connectivity index is 4.53. The fourth-order valence-corrected chi connectivity index (χ4v) is 0.954. The van der Waals surface area contributed by atoms with E-state index in [0.29, 0.717) is 6.42 Å². The highest BCUT2D eigenvalue weighted by molar-refractivity contribution is 5.75. The van der Waals surface area contributed by atoms with Gasteiger partial charge in [0.1, 0.15) is 6.04 Å². The van der Waals surface area contributed by atoms with Crippen LogP contribution in [0, 0.1) is 0 Å². The van der Waals surface area contributed by atoms with Gasteiger partial charge in [-0.25, -0.2) is 4.79 Å². The van der Waals surface area contributed by atoms with Gasteiger partial charge >= 0.3 is 12.1 Å². The van der Waals surface area contributed by atoms with Crippen LogP contribution in [0.15, 0.2) is 0 Å².